The number of nitrogens with two attached hydrogens (primary N) is 2. The first kappa shape index (κ1) is 11.0. The van der Waals surface area contributed by atoms with Crippen molar-refractivity contribution in [2.45, 2.75) is 25.8 Å². The predicted octanol–water partition coefficient (Wildman–Crippen LogP) is 2.64. The first-order valence-corrected chi connectivity index (χ1v) is 5.53. The van der Waals surface area contributed by atoms with E-state index in [0.717, 1.165) is 17.7 Å². The van der Waals surface area contributed by atoms with Crippen LogP contribution in [0.5, 0.6) is 0 Å². The SMILES string of the molecule is Cc1cc(C2=CCC(C)(N)C=C2)ccc1N. The molecule has 0 saturated carbocycles. The van der Waals surface area contributed by atoms with Crippen LogP contribution in [0.2, 0.25) is 0 Å². The molecule has 2 heteroatoms. The Morgan fingerprint density at radius 3 is 2.62 bits per heavy atom. The van der Waals surface area contributed by atoms with E-state index in [9.17, 15) is 0 Å². The zero-order chi connectivity index (χ0) is 11.8. The number of anilines is 1. The maximum atomic E-state index is 6.02. The molecule has 84 valence electrons. The molecule has 0 heterocycles. The normalized spacial score (nSPS) is 24.3. The highest BCUT2D eigenvalue weighted by Gasteiger charge is 2.16. The molecular formula is C14H18N2. The smallest absolute Gasteiger partial charge is 0.0348 e. The molecule has 0 fully saturated rings. The Balaban J connectivity index is 2.30. The summed E-state index contributed by atoms with van der Waals surface area (Å²) >= 11 is 0. The van der Waals surface area contributed by atoms with Crippen LogP contribution in [0.25, 0.3) is 5.57 Å². The van der Waals surface area contributed by atoms with Gasteiger partial charge in [0.15, 0.2) is 0 Å². The van der Waals surface area contributed by atoms with Gasteiger partial charge in [0.2, 0.25) is 0 Å². The summed E-state index contributed by atoms with van der Waals surface area (Å²) in [5.41, 5.74) is 16.0. The Bertz CT molecular complexity index is 468. The van der Waals surface area contributed by atoms with E-state index in [0.29, 0.717) is 0 Å². The molecule has 0 radical (unpaired) electrons. The standard InChI is InChI=1S/C14H18N2/c1-10-9-12(3-4-13(10)15)11-5-7-14(2,16)8-6-11/h3-7,9H,8,15-16H2,1-2H3. The molecule has 0 aromatic heterocycles. The number of benzene rings is 1. The Morgan fingerprint density at radius 2 is 2.06 bits per heavy atom. The minimum absolute atomic E-state index is 0.202. The Labute approximate surface area is 96.6 Å². The minimum atomic E-state index is -0.202. The third-order valence-electron chi connectivity index (χ3n) is 3.01. The van der Waals surface area contributed by atoms with Crippen molar-refractivity contribution in [2.75, 3.05) is 5.73 Å². The van der Waals surface area contributed by atoms with Crippen molar-refractivity contribution in [1.82, 2.24) is 0 Å². The highest BCUT2D eigenvalue weighted by Crippen LogP contribution is 2.26. The van der Waals surface area contributed by atoms with Gasteiger partial charge in [0, 0.05) is 11.2 Å². The van der Waals surface area contributed by atoms with Crippen LogP contribution in [0.15, 0.2) is 36.4 Å². The molecular weight excluding hydrogens is 196 g/mol. The van der Waals surface area contributed by atoms with E-state index in [1.54, 1.807) is 0 Å². The van der Waals surface area contributed by atoms with Gasteiger partial charge in [0.05, 0.1) is 0 Å². The van der Waals surface area contributed by atoms with Gasteiger partial charge in [-0.15, -0.1) is 0 Å². The van der Waals surface area contributed by atoms with Gasteiger partial charge in [-0.05, 0) is 49.1 Å². The van der Waals surface area contributed by atoms with Crippen LogP contribution in [0.4, 0.5) is 5.69 Å². The van der Waals surface area contributed by atoms with E-state index in [-0.39, 0.29) is 5.54 Å². The number of nitrogen functional groups attached to an aromatic ring is 1. The summed E-state index contributed by atoms with van der Waals surface area (Å²) in [6.45, 7) is 4.06. The second kappa shape index (κ2) is 3.80. The van der Waals surface area contributed by atoms with Crippen LogP contribution in [0.3, 0.4) is 0 Å². The Morgan fingerprint density at radius 1 is 1.31 bits per heavy atom. The van der Waals surface area contributed by atoms with Crippen molar-refractivity contribution >= 4 is 11.3 Å². The van der Waals surface area contributed by atoms with E-state index >= 15 is 0 Å². The zero-order valence-corrected chi connectivity index (χ0v) is 9.83. The maximum absolute atomic E-state index is 6.02. The van der Waals surface area contributed by atoms with Crippen LogP contribution in [0, 0.1) is 6.92 Å². The fraction of sp³-hybridized carbons (Fsp3) is 0.286. The third kappa shape index (κ3) is 2.17. The van der Waals surface area contributed by atoms with Crippen molar-refractivity contribution in [3.8, 4) is 0 Å². The molecule has 1 aromatic carbocycles. The summed E-state index contributed by atoms with van der Waals surface area (Å²) in [6.07, 6.45) is 7.22. The largest absolute Gasteiger partial charge is 0.399 e. The van der Waals surface area contributed by atoms with E-state index < -0.39 is 0 Å². The summed E-state index contributed by atoms with van der Waals surface area (Å²) in [7, 11) is 0. The van der Waals surface area contributed by atoms with Gasteiger partial charge in [-0.1, -0.05) is 24.3 Å². The molecule has 1 unspecified atom stereocenters. The summed E-state index contributed by atoms with van der Waals surface area (Å²) < 4.78 is 0. The fourth-order valence-corrected chi connectivity index (χ4v) is 1.82. The number of hydrogen-bond donors (Lipinski definition) is 2. The van der Waals surface area contributed by atoms with Crippen molar-refractivity contribution in [3.05, 3.63) is 47.6 Å². The highest BCUT2D eigenvalue weighted by atomic mass is 14.7. The summed E-state index contributed by atoms with van der Waals surface area (Å²) in [6, 6.07) is 6.12. The lowest BCUT2D eigenvalue weighted by Gasteiger charge is -2.23. The minimum Gasteiger partial charge on any atom is -0.399 e. The fourth-order valence-electron chi connectivity index (χ4n) is 1.82. The van der Waals surface area contributed by atoms with E-state index in [1.165, 1.54) is 11.1 Å². The topological polar surface area (TPSA) is 52.0 Å². The van der Waals surface area contributed by atoms with Gasteiger partial charge in [-0.3, -0.25) is 0 Å². The van der Waals surface area contributed by atoms with Crippen LogP contribution in [-0.4, -0.2) is 5.54 Å². The molecule has 2 nitrogen and oxygen atoms in total. The quantitative estimate of drug-likeness (QED) is 0.706. The summed E-state index contributed by atoms with van der Waals surface area (Å²) in [5.74, 6) is 0. The van der Waals surface area contributed by atoms with E-state index in [1.807, 2.05) is 19.9 Å². The maximum Gasteiger partial charge on any atom is 0.0348 e. The molecule has 0 amide bonds. The van der Waals surface area contributed by atoms with Gasteiger partial charge in [0.1, 0.15) is 0 Å². The lowest BCUT2D eigenvalue weighted by molar-refractivity contribution is 0.591. The molecule has 2 rings (SSSR count). The van der Waals surface area contributed by atoms with Crippen LogP contribution < -0.4 is 11.5 Å². The molecule has 1 atom stereocenters. The Kier molecular flexibility index (Phi) is 2.60. The number of aryl methyl sites for hydroxylation is 1. The van der Waals surface area contributed by atoms with Crippen molar-refractivity contribution < 1.29 is 0 Å². The van der Waals surface area contributed by atoms with Crippen LogP contribution >= 0.6 is 0 Å². The van der Waals surface area contributed by atoms with Gasteiger partial charge >= 0.3 is 0 Å². The van der Waals surface area contributed by atoms with Gasteiger partial charge < -0.3 is 11.5 Å². The number of hydrogen-bond acceptors (Lipinski definition) is 2. The number of rotatable bonds is 1. The number of allylic oxidation sites excluding steroid dienone is 2. The van der Waals surface area contributed by atoms with E-state index in [2.05, 4.69) is 30.4 Å². The van der Waals surface area contributed by atoms with Gasteiger partial charge in [-0.25, -0.2) is 0 Å². The van der Waals surface area contributed by atoms with Crippen molar-refractivity contribution in [1.29, 1.82) is 0 Å². The second-order valence-electron chi connectivity index (χ2n) is 4.77. The van der Waals surface area contributed by atoms with Gasteiger partial charge in [-0.2, -0.15) is 0 Å². The molecule has 0 saturated heterocycles. The molecule has 1 aromatic rings. The van der Waals surface area contributed by atoms with Crippen molar-refractivity contribution in [3.63, 3.8) is 0 Å². The average Bonchev–Trinajstić information content (AvgIpc) is 2.22. The average molecular weight is 214 g/mol. The lowest BCUT2D eigenvalue weighted by Crippen LogP contribution is -2.33. The first-order chi connectivity index (χ1) is 7.48. The third-order valence-corrected chi connectivity index (χ3v) is 3.01. The highest BCUT2D eigenvalue weighted by molar-refractivity contribution is 5.77. The molecule has 16 heavy (non-hydrogen) atoms. The van der Waals surface area contributed by atoms with Gasteiger partial charge in [0.25, 0.3) is 0 Å². The molecule has 0 spiro atoms. The predicted molar refractivity (Wildman–Crippen MR) is 69.9 cm³/mol. The molecule has 0 aliphatic heterocycles. The molecule has 1 aliphatic rings. The summed E-state index contributed by atoms with van der Waals surface area (Å²) in [5, 5.41) is 0. The Hall–Kier alpha value is -1.54. The molecule has 4 N–H and O–H groups in total. The van der Waals surface area contributed by atoms with E-state index in [4.69, 9.17) is 11.5 Å². The monoisotopic (exact) mass is 214 g/mol. The van der Waals surface area contributed by atoms with Crippen LogP contribution in [0.1, 0.15) is 24.5 Å². The van der Waals surface area contributed by atoms with Crippen molar-refractivity contribution in [2.24, 2.45) is 5.73 Å². The van der Waals surface area contributed by atoms with Crippen LogP contribution in [-0.2, 0) is 0 Å². The lowest BCUT2D eigenvalue weighted by atomic mass is 9.89. The first-order valence-electron chi connectivity index (χ1n) is 5.53. The molecule has 0 bridgehead atoms. The summed E-state index contributed by atoms with van der Waals surface area (Å²) in [4.78, 5) is 0. The molecule has 1 aliphatic carbocycles. The second-order valence-corrected chi connectivity index (χ2v) is 4.77. The zero-order valence-electron chi connectivity index (χ0n) is 9.83.